The summed E-state index contributed by atoms with van der Waals surface area (Å²) in [5.74, 6) is 0.423. The second-order valence-corrected chi connectivity index (χ2v) is 8.30. The molecule has 0 saturated carbocycles. The first-order valence-corrected chi connectivity index (χ1v) is 12.2. The van der Waals surface area contributed by atoms with Gasteiger partial charge in [0.15, 0.2) is 5.82 Å². The lowest BCUT2D eigenvalue weighted by atomic mass is 10.1. The first-order valence-electron chi connectivity index (χ1n) is 11.0. The van der Waals surface area contributed by atoms with Gasteiger partial charge in [-0.1, -0.05) is 49.7 Å². The van der Waals surface area contributed by atoms with Crippen molar-refractivity contribution in [1.82, 2.24) is 15.5 Å². The lowest BCUT2D eigenvalue weighted by Crippen LogP contribution is -2.18. The number of carbonyl (C=O) groups is 2. The molecule has 0 saturated heterocycles. The first kappa shape index (κ1) is 25.5. The van der Waals surface area contributed by atoms with Crippen molar-refractivity contribution in [2.75, 3.05) is 23.7 Å². The van der Waals surface area contributed by atoms with Gasteiger partial charge in [0.1, 0.15) is 5.69 Å². The summed E-state index contributed by atoms with van der Waals surface area (Å²) in [5, 5.41) is 15.7. The lowest BCUT2D eigenvalue weighted by molar-refractivity contribution is 0.101. The minimum Gasteiger partial charge on any atom is -0.372 e. The van der Waals surface area contributed by atoms with Crippen molar-refractivity contribution in [3.8, 4) is 0 Å². The van der Waals surface area contributed by atoms with Gasteiger partial charge in [-0.05, 0) is 52.2 Å². The summed E-state index contributed by atoms with van der Waals surface area (Å²) in [4.78, 5) is 29.5. The maximum atomic E-state index is 12.7. The summed E-state index contributed by atoms with van der Waals surface area (Å²) in [7, 11) is 0. The molecule has 1 aromatic heterocycles. The second-order valence-electron chi connectivity index (χ2n) is 7.10. The van der Waals surface area contributed by atoms with Crippen molar-refractivity contribution in [3.63, 3.8) is 0 Å². The molecule has 0 atom stereocenters. The Morgan fingerprint density at radius 3 is 2.44 bits per heavy atom. The maximum absolute atomic E-state index is 12.7. The Balaban J connectivity index is 0.00000158. The van der Waals surface area contributed by atoms with Crippen molar-refractivity contribution < 1.29 is 9.59 Å². The molecule has 0 aliphatic carbocycles. The van der Waals surface area contributed by atoms with Crippen molar-refractivity contribution in [3.05, 3.63) is 74.8 Å². The number of benzene rings is 2. The minimum absolute atomic E-state index is 0.189. The van der Waals surface area contributed by atoms with E-state index in [2.05, 4.69) is 47.1 Å². The third-order valence-electron chi connectivity index (χ3n) is 4.89. The van der Waals surface area contributed by atoms with E-state index < -0.39 is 5.91 Å². The fourth-order valence-corrected chi connectivity index (χ4v) is 3.89. The third-order valence-corrected chi connectivity index (χ3v) is 5.99. The molecule has 0 unspecified atom stereocenters. The molecule has 178 valence electrons. The lowest BCUT2D eigenvalue weighted by Gasteiger charge is -2.07. The van der Waals surface area contributed by atoms with Crippen LogP contribution in [0.1, 0.15) is 46.7 Å². The van der Waals surface area contributed by atoms with Gasteiger partial charge in [0.25, 0.3) is 11.8 Å². The summed E-state index contributed by atoms with van der Waals surface area (Å²) in [6.07, 6.45) is 1.75. The smallest absolute Gasteiger partial charge is 0.274 e. The topological polar surface area (TPSA) is 111 Å². The number of amides is 2. The predicted molar refractivity (Wildman–Crippen MR) is 140 cm³/mol. The number of aryl methyl sites for hydroxylation is 1. The van der Waals surface area contributed by atoms with E-state index in [9.17, 15) is 9.59 Å². The maximum Gasteiger partial charge on any atom is 0.274 e. The van der Waals surface area contributed by atoms with Crippen molar-refractivity contribution in [2.24, 2.45) is 4.99 Å². The largest absolute Gasteiger partial charge is 0.372 e. The number of aliphatic imine (C=N–C) groups is 1. The van der Waals surface area contributed by atoms with E-state index in [4.69, 9.17) is 11.6 Å². The van der Waals surface area contributed by atoms with E-state index in [-0.39, 0.29) is 17.4 Å². The SMILES string of the molecule is CC.O=C(Nc1n[nH]c(C(=O)Nc2ccc(CCC3=NCCN3)cc2)c1Br)c1ccccc1Cl. The molecule has 0 radical (unpaired) electrons. The summed E-state index contributed by atoms with van der Waals surface area (Å²) >= 11 is 9.39. The molecule has 1 aliphatic heterocycles. The molecule has 4 N–H and O–H groups in total. The second kappa shape index (κ2) is 12.3. The van der Waals surface area contributed by atoms with Gasteiger partial charge in [-0.2, -0.15) is 5.10 Å². The Labute approximate surface area is 211 Å². The number of hydrogen-bond acceptors (Lipinski definition) is 5. The van der Waals surface area contributed by atoms with Gasteiger partial charge >= 0.3 is 0 Å². The summed E-state index contributed by atoms with van der Waals surface area (Å²) in [6.45, 7) is 5.75. The molecule has 0 bridgehead atoms. The van der Waals surface area contributed by atoms with Crippen molar-refractivity contribution >= 4 is 56.7 Å². The Morgan fingerprint density at radius 1 is 1.03 bits per heavy atom. The Morgan fingerprint density at radius 2 is 1.76 bits per heavy atom. The van der Waals surface area contributed by atoms with Gasteiger partial charge in [-0.15, -0.1) is 0 Å². The van der Waals surface area contributed by atoms with E-state index in [1.165, 1.54) is 0 Å². The Hall–Kier alpha value is -3.17. The average Bonchev–Trinajstić information content (AvgIpc) is 3.50. The van der Waals surface area contributed by atoms with E-state index in [0.717, 1.165) is 37.3 Å². The van der Waals surface area contributed by atoms with Crippen molar-refractivity contribution in [2.45, 2.75) is 26.7 Å². The molecule has 2 heterocycles. The van der Waals surface area contributed by atoms with Crippen LogP contribution in [-0.2, 0) is 6.42 Å². The zero-order valence-electron chi connectivity index (χ0n) is 18.9. The number of nitrogens with one attached hydrogen (secondary N) is 4. The zero-order valence-corrected chi connectivity index (χ0v) is 21.3. The number of hydrogen-bond donors (Lipinski definition) is 4. The predicted octanol–water partition coefficient (Wildman–Crippen LogP) is 5.29. The van der Waals surface area contributed by atoms with Gasteiger partial charge in [-0.3, -0.25) is 19.7 Å². The highest BCUT2D eigenvalue weighted by molar-refractivity contribution is 9.10. The Bertz CT molecular complexity index is 1180. The normalized spacial score (nSPS) is 12.2. The number of halogens is 2. The Kier molecular flexibility index (Phi) is 9.24. The number of H-pyrrole nitrogens is 1. The van der Waals surface area contributed by atoms with E-state index >= 15 is 0 Å². The molecular weight excluding hydrogens is 520 g/mol. The molecule has 10 heteroatoms. The molecule has 0 fully saturated rings. The molecule has 8 nitrogen and oxygen atoms in total. The van der Waals surface area contributed by atoms with Crippen LogP contribution in [0, 0.1) is 0 Å². The van der Waals surface area contributed by atoms with Gasteiger partial charge in [0, 0.05) is 18.7 Å². The number of anilines is 2. The van der Waals surface area contributed by atoms with Crippen LogP contribution < -0.4 is 16.0 Å². The van der Waals surface area contributed by atoms with Crippen LogP contribution >= 0.6 is 27.5 Å². The van der Waals surface area contributed by atoms with Crippen LogP contribution in [0.3, 0.4) is 0 Å². The van der Waals surface area contributed by atoms with E-state index in [0.29, 0.717) is 20.7 Å². The molecule has 2 aromatic carbocycles. The van der Waals surface area contributed by atoms with Gasteiger partial charge in [-0.25, -0.2) is 0 Å². The number of nitrogens with zero attached hydrogens (tertiary/aromatic N) is 2. The van der Waals surface area contributed by atoms with E-state index in [1.54, 1.807) is 24.3 Å². The molecule has 1 aliphatic rings. The van der Waals surface area contributed by atoms with Crippen LogP contribution in [0.2, 0.25) is 5.02 Å². The molecule has 0 spiro atoms. The van der Waals surface area contributed by atoms with Gasteiger partial charge in [0.05, 0.1) is 27.4 Å². The zero-order chi connectivity index (χ0) is 24.5. The van der Waals surface area contributed by atoms with Crippen molar-refractivity contribution in [1.29, 1.82) is 0 Å². The highest BCUT2D eigenvalue weighted by atomic mass is 79.9. The number of amidine groups is 1. The fraction of sp³-hybridized carbons (Fsp3) is 0.250. The third kappa shape index (κ3) is 6.45. The van der Waals surface area contributed by atoms with Crippen LogP contribution in [0.15, 0.2) is 58.0 Å². The average molecular weight is 546 g/mol. The van der Waals surface area contributed by atoms with Gasteiger partial charge in [0.2, 0.25) is 0 Å². The first-order chi connectivity index (χ1) is 16.5. The number of carbonyl (C=O) groups excluding carboxylic acids is 2. The quantitative estimate of drug-likeness (QED) is 0.323. The molecular formula is C24H26BrClN6O2. The van der Waals surface area contributed by atoms with Crippen LogP contribution in [-0.4, -0.2) is 40.9 Å². The molecule has 34 heavy (non-hydrogen) atoms. The standard InChI is InChI=1S/C22H20BrClN6O2.C2H6/c23-18-19(29-30-20(18)28-21(31)15-3-1-2-4-16(15)24)22(32)27-14-8-5-13(6-9-14)7-10-17-25-11-12-26-17;1-2/h1-6,8-9H,7,10-12H2,(H,25,26)(H,27,32)(H2,28,29,30,31);1-2H3. The number of aromatic amines is 1. The number of rotatable bonds is 7. The highest BCUT2D eigenvalue weighted by Crippen LogP contribution is 2.26. The van der Waals surface area contributed by atoms with Crippen LogP contribution in [0.5, 0.6) is 0 Å². The van der Waals surface area contributed by atoms with Crippen LogP contribution in [0.4, 0.5) is 11.5 Å². The van der Waals surface area contributed by atoms with Gasteiger partial charge < -0.3 is 16.0 Å². The molecule has 3 aromatic rings. The number of aromatic nitrogens is 2. The highest BCUT2D eigenvalue weighted by Gasteiger charge is 2.20. The summed E-state index contributed by atoms with van der Waals surface area (Å²) in [5.41, 5.74) is 2.31. The molecule has 2 amide bonds. The monoisotopic (exact) mass is 544 g/mol. The summed E-state index contributed by atoms with van der Waals surface area (Å²) in [6, 6.07) is 14.3. The fourth-order valence-electron chi connectivity index (χ4n) is 3.21. The van der Waals surface area contributed by atoms with Crippen LogP contribution in [0.25, 0.3) is 0 Å². The van der Waals surface area contributed by atoms with E-state index in [1.807, 2.05) is 38.1 Å². The minimum atomic E-state index is -0.427. The summed E-state index contributed by atoms with van der Waals surface area (Å²) < 4.78 is 0.344. The molecule has 4 rings (SSSR count).